The van der Waals surface area contributed by atoms with Crippen LogP contribution in [-0.4, -0.2) is 13.2 Å². The number of unbranched alkanes of at least 4 members (excludes halogenated alkanes) is 1. The molecular formula is C20H24BrCl2NO2. The van der Waals surface area contributed by atoms with Crippen molar-refractivity contribution in [3.05, 3.63) is 56.0 Å². The molecule has 1 N–H and O–H groups in total. The van der Waals surface area contributed by atoms with Crippen molar-refractivity contribution >= 4 is 39.1 Å². The zero-order chi connectivity index (χ0) is 18.9. The molecule has 3 nitrogen and oxygen atoms in total. The van der Waals surface area contributed by atoms with Crippen LogP contribution in [0.15, 0.2) is 34.8 Å². The first-order valence-electron chi connectivity index (χ1n) is 8.77. The van der Waals surface area contributed by atoms with Crippen LogP contribution in [0.2, 0.25) is 10.0 Å². The summed E-state index contributed by atoms with van der Waals surface area (Å²) in [6.07, 6.45) is 2.35. The molecule has 0 aliphatic rings. The van der Waals surface area contributed by atoms with E-state index >= 15 is 0 Å². The van der Waals surface area contributed by atoms with Crippen molar-refractivity contribution in [2.45, 2.75) is 39.8 Å². The fraction of sp³-hybridized carbons (Fsp3) is 0.400. The van der Waals surface area contributed by atoms with Crippen molar-refractivity contribution in [3.63, 3.8) is 0 Å². The zero-order valence-corrected chi connectivity index (χ0v) is 18.2. The van der Waals surface area contributed by atoms with E-state index in [0.717, 1.165) is 34.4 Å². The molecule has 0 bridgehead atoms. The third-order valence-corrected chi connectivity index (χ3v) is 5.10. The molecule has 0 spiro atoms. The van der Waals surface area contributed by atoms with Gasteiger partial charge in [0.2, 0.25) is 0 Å². The van der Waals surface area contributed by atoms with Gasteiger partial charge in [0.05, 0.1) is 21.1 Å². The minimum Gasteiger partial charge on any atom is -0.490 e. The van der Waals surface area contributed by atoms with Gasteiger partial charge in [0.1, 0.15) is 6.61 Å². The van der Waals surface area contributed by atoms with E-state index in [-0.39, 0.29) is 0 Å². The van der Waals surface area contributed by atoms with Crippen LogP contribution < -0.4 is 14.8 Å². The van der Waals surface area contributed by atoms with Crippen LogP contribution in [0.3, 0.4) is 0 Å². The van der Waals surface area contributed by atoms with Crippen LogP contribution in [0.5, 0.6) is 11.5 Å². The van der Waals surface area contributed by atoms with Gasteiger partial charge in [0.15, 0.2) is 11.5 Å². The van der Waals surface area contributed by atoms with Crippen LogP contribution in [0.25, 0.3) is 0 Å². The normalized spacial score (nSPS) is 10.8. The first kappa shape index (κ1) is 21.4. The maximum absolute atomic E-state index is 6.07. The lowest BCUT2D eigenvalue weighted by Gasteiger charge is -2.16. The quantitative estimate of drug-likeness (QED) is 0.404. The predicted molar refractivity (Wildman–Crippen MR) is 113 cm³/mol. The van der Waals surface area contributed by atoms with E-state index in [0.29, 0.717) is 29.0 Å². The second-order valence-corrected chi connectivity index (χ2v) is 7.57. The molecule has 142 valence electrons. The monoisotopic (exact) mass is 459 g/mol. The third kappa shape index (κ3) is 6.34. The van der Waals surface area contributed by atoms with E-state index in [9.17, 15) is 0 Å². The van der Waals surface area contributed by atoms with Gasteiger partial charge >= 0.3 is 0 Å². The highest BCUT2D eigenvalue weighted by Crippen LogP contribution is 2.37. The molecule has 0 unspecified atom stereocenters. The van der Waals surface area contributed by atoms with Crippen LogP contribution in [0.4, 0.5) is 0 Å². The van der Waals surface area contributed by atoms with Gasteiger partial charge in [0, 0.05) is 6.54 Å². The molecule has 0 atom stereocenters. The first-order valence-corrected chi connectivity index (χ1v) is 10.3. The number of ether oxygens (including phenoxy) is 2. The summed E-state index contributed by atoms with van der Waals surface area (Å²) in [4.78, 5) is 0. The van der Waals surface area contributed by atoms with Crippen LogP contribution in [0.1, 0.15) is 37.8 Å². The van der Waals surface area contributed by atoms with E-state index in [4.69, 9.17) is 32.7 Å². The Morgan fingerprint density at radius 2 is 1.81 bits per heavy atom. The molecule has 6 heteroatoms. The largest absolute Gasteiger partial charge is 0.490 e. The van der Waals surface area contributed by atoms with E-state index in [1.807, 2.05) is 25.1 Å². The molecule has 0 fully saturated rings. The molecule has 0 saturated heterocycles. The molecule has 0 aliphatic carbocycles. The van der Waals surface area contributed by atoms with Gasteiger partial charge in [-0.15, -0.1) is 0 Å². The minimum atomic E-state index is 0.379. The minimum absolute atomic E-state index is 0.379. The lowest BCUT2D eigenvalue weighted by atomic mass is 10.2. The summed E-state index contributed by atoms with van der Waals surface area (Å²) in [5.74, 6) is 1.42. The van der Waals surface area contributed by atoms with Gasteiger partial charge in [-0.2, -0.15) is 0 Å². The fourth-order valence-corrected chi connectivity index (χ4v) is 3.37. The molecule has 0 radical (unpaired) electrons. The van der Waals surface area contributed by atoms with Gasteiger partial charge in [-0.3, -0.25) is 0 Å². The second-order valence-electron chi connectivity index (χ2n) is 5.91. The SMILES string of the molecule is CCCCNCc1cc(Br)c(OCc2ccc(Cl)c(Cl)c2)c(OCC)c1. The second kappa shape index (κ2) is 11.0. The van der Waals surface area contributed by atoms with Crippen molar-refractivity contribution in [2.75, 3.05) is 13.2 Å². The zero-order valence-electron chi connectivity index (χ0n) is 15.1. The predicted octanol–water partition coefficient (Wildman–Crippen LogP) is 6.62. The number of rotatable bonds is 10. The fourth-order valence-electron chi connectivity index (χ4n) is 2.45. The highest BCUT2D eigenvalue weighted by Gasteiger charge is 2.13. The highest BCUT2D eigenvalue weighted by molar-refractivity contribution is 9.10. The van der Waals surface area contributed by atoms with Crippen molar-refractivity contribution in [3.8, 4) is 11.5 Å². The topological polar surface area (TPSA) is 30.5 Å². The van der Waals surface area contributed by atoms with E-state index in [1.165, 1.54) is 12.8 Å². The Labute approximate surface area is 174 Å². The summed E-state index contributed by atoms with van der Waals surface area (Å²) in [5.41, 5.74) is 2.09. The molecule has 0 amide bonds. The molecule has 2 aromatic carbocycles. The molecule has 0 aliphatic heterocycles. The van der Waals surface area contributed by atoms with Crippen molar-refractivity contribution in [1.82, 2.24) is 5.32 Å². The summed E-state index contributed by atoms with van der Waals surface area (Å²) < 4.78 is 12.7. The summed E-state index contributed by atoms with van der Waals surface area (Å²) in [5, 5.41) is 4.50. The average molecular weight is 461 g/mol. The van der Waals surface area contributed by atoms with Crippen LogP contribution >= 0.6 is 39.1 Å². The summed E-state index contributed by atoms with van der Waals surface area (Å²) in [7, 11) is 0. The number of halogens is 3. The lowest BCUT2D eigenvalue weighted by molar-refractivity contribution is 0.267. The maximum Gasteiger partial charge on any atom is 0.175 e. The number of hydrogen-bond acceptors (Lipinski definition) is 3. The third-order valence-electron chi connectivity index (χ3n) is 3.77. The maximum atomic E-state index is 6.07. The first-order chi connectivity index (χ1) is 12.5. The standard InChI is InChI=1S/C20H24BrCl2NO2/c1-3-5-8-24-12-15-9-16(21)20(19(11-15)25-4-2)26-13-14-6-7-17(22)18(23)10-14/h6-7,9-11,24H,3-5,8,12-13H2,1-2H3. The molecular weight excluding hydrogens is 437 g/mol. The van der Waals surface area contributed by atoms with Gasteiger partial charge in [0.25, 0.3) is 0 Å². The van der Waals surface area contributed by atoms with Gasteiger partial charge in [-0.25, -0.2) is 0 Å². The number of nitrogens with one attached hydrogen (secondary N) is 1. The molecule has 26 heavy (non-hydrogen) atoms. The van der Waals surface area contributed by atoms with Crippen molar-refractivity contribution in [1.29, 1.82) is 0 Å². The molecule has 2 aromatic rings. The van der Waals surface area contributed by atoms with Crippen LogP contribution in [0, 0.1) is 0 Å². The van der Waals surface area contributed by atoms with E-state index < -0.39 is 0 Å². The molecule has 0 heterocycles. The summed E-state index contributed by atoms with van der Waals surface area (Å²) in [6, 6.07) is 9.56. The highest BCUT2D eigenvalue weighted by atomic mass is 79.9. The summed E-state index contributed by atoms with van der Waals surface area (Å²) in [6.45, 7) is 6.90. The number of benzene rings is 2. The Hall–Kier alpha value is -0.940. The number of hydrogen-bond donors (Lipinski definition) is 1. The smallest absolute Gasteiger partial charge is 0.175 e. The van der Waals surface area contributed by atoms with Gasteiger partial charge in [-0.05, 0) is 71.2 Å². The Bertz CT molecular complexity index is 725. The molecule has 0 aromatic heterocycles. The van der Waals surface area contributed by atoms with Gasteiger partial charge in [-0.1, -0.05) is 42.6 Å². The molecule has 2 rings (SSSR count). The Kier molecular flexibility index (Phi) is 9.06. The Morgan fingerprint density at radius 1 is 1.00 bits per heavy atom. The summed E-state index contributed by atoms with van der Waals surface area (Å²) >= 11 is 15.6. The van der Waals surface area contributed by atoms with Crippen molar-refractivity contribution < 1.29 is 9.47 Å². The Balaban J connectivity index is 2.11. The lowest BCUT2D eigenvalue weighted by Crippen LogP contribution is -2.14. The van der Waals surface area contributed by atoms with E-state index in [2.05, 4.69) is 34.2 Å². The van der Waals surface area contributed by atoms with E-state index in [1.54, 1.807) is 6.07 Å². The van der Waals surface area contributed by atoms with Crippen LogP contribution in [-0.2, 0) is 13.2 Å². The Morgan fingerprint density at radius 3 is 2.50 bits per heavy atom. The molecule has 0 saturated carbocycles. The van der Waals surface area contributed by atoms with Gasteiger partial charge < -0.3 is 14.8 Å². The average Bonchev–Trinajstić information content (AvgIpc) is 2.61. The van der Waals surface area contributed by atoms with Crippen molar-refractivity contribution in [2.24, 2.45) is 0 Å².